The molecule has 122 valence electrons. The lowest BCUT2D eigenvalue weighted by molar-refractivity contribution is -0.131. The summed E-state index contributed by atoms with van der Waals surface area (Å²) in [4.78, 5) is 18.3. The Labute approximate surface area is 132 Å². The molecule has 22 heavy (non-hydrogen) atoms. The fraction of sp³-hybridized carbons (Fsp3) is 0.600. The quantitative estimate of drug-likeness (QED) is 0.821. The van der Waals surface area contributed by atoms with Gasteiger partial charge < -0.3 is 4.90 Å². The molecule has 0 radical (unpaired) electrons. The third-order valence-electron chi connectivity index (χ3n) is 4.18. The number of nitrogens with zero attached hydrogens (tertiary/aromatic N) is 3. The largest absolute Gasteiger partial charge is 0.342 e. The van der Waals surface area contributed by atoms with E-state index in [1.165, 1.54) is 10.6 Å². The Morgan fingerprint density at radius 2 is 2.00 bits per heavy atom. The van der Waals surface area contributed by atoms with Crippen LogP contribution >= 0.6 is 0 Å². The zero-order valence-corrected chi connectivity index (χ0v) is 14.1. The van der Waals surface area contributed by atoms with Crippen LogP contribution in [-0.4, -0.2) is 60.9 Å². The van der Waals surface area contributed by atoms with Crippen molar-refractivity contribution in [1.82, 2.24) is 14.2 Å². The SMILES string of the molecule is Cc1ccc(CC(=O)N2CCC(N(C)S(C)(=O)=O)CC2)cn1. The van der Waals surface area contributed by atoms with Crippen molar-refractivity contribution in [2.24, 2.45) is 0 Å². The summed E-state index contributed by atoms with van der Waals surface area (Å²) in [5.41, 5.74) is 1.84. The third-order valence-corrected chi connectivity index (χ3v) is 5.53. The number of carbonyl (C=O) groups excluding carboxylic acids is 1. The van der Waals surface area contributed by atoms with E-state index in [4.69, 9.17) is 0 Å². The minimum atomic E-state index is -3.17. The number of amides is 1. The van der Waals surface area contributed by atoms with Gasteiger partial charge in [0.05, 0.1) is 12.7 Å². The summed E-state index contributed by atoms with van der Waals surface area (Å²) in [6, 6.07) is 3.81. The molecule has 1 aliphatic heterocycles. The van der Waals surface area contributed by atoms with Crippen LogP contribution in [0.2, 0.25) is 0 Å². The minimum Gasteiger partial charge on any atom is -0.342 e. The predicted octanol–water partition coefficient (Wildman–Crippen LogP) is 0.815. The summed E-state index contributed by atoms with van der Waals surface area (Å²) in [7, 11) is -1.56. The predicted molar refractivity (Wildman–Crippen MR) is 84.9 cm³/mol. The Morgan fingerprint density at radius 1 is 1.36 bits per heavy atom. The lowest BCUT2D eigenvalue weighted by atomic mass is 10.0. The van der Waals surface area contributed by atoms with Crippen molar-refractivity contribution in [2.45, 2.75) is 32.2 Å². The van der Waals surface area contributed by atoms with E-state index in [0.717, 1.165) is 11.3 Å². The van der Waals surface area contributed by atoms with Gasteiger partial charge in [0.1, 0.15) is 0 Å². The van der Waals surface area contributed by atoms with Gasteiger partial charge in [-0.05, 0) is 31.4 Å². The van der Waals surface area contributed by atoms with E-state index in [1.807, 2.05) is 24.0 Å². The molecule has 1 amide bonds. The number of likely N-dealkylation sites (tertiary alicyclic amines) is 1. The number of hydrogen-bond acceptors (Lipinski definition) is 4. The van der Waals surface area contributed by atoms with Crippen LogP contribution in [-0.2, 0) is 21.2 Å². The topological polar surface area (TPSA) is 70.6 Å². The fourth-order valence-corrected chi connectivity index (χ4v) is 3.39. The zero-order chi connectivity index (χ0) is 16.3. The number of carbonyl (C=O) groups is 1. The standard InChI is InChI=1S/C15H23N3O3S/c1-12-4-5-13(11-16-12)10-15(19)18-8-6-14(7-9-18)17(2)22(3,20)21/h4-5,11,14H,6-10H2,1-3H3. The van der Waals surface area contributed by atoms with Crippen LogP contribution in [0.15, 0.2) is 18.3 Å². The van der Waals surface area contributed by atoms with E-state index >= 15 is 0 Å². The second kappa shape index (κ2) is 6.75. The number of aromatic nitrogens is 1. The van der Waals surface area contributed by atoms with E-state index in [1.54, 1.807) is 13.2 Å². The van der Waals surface area contributed by atoms with Crippen molar-refractivity contribution in [2.75, 3.05) is 26.4 Å². The monoisotopic (exact) mass is 325 g/mol. The third kappa shape index (κ3) is 4.27. The molecule has 2 rings (SSSR count). The van der Waals surface area contributed by atoms with Crippen molar-refractivity contribution in [3.63, 3.8) is 0 Å². The number of aryl methyl sites for hydroxylation is 1. The van der Waals surface area contributed by atoms with E-state index in [9.17, 15) is 13.2 Å². The summed E-state index contributed by atoms with van der Waals surface area (Å²) in [6.45, 7) is 3.11. The van der Waals surface area contributed by atoms with Crippen molar-refractivity contribution >= 4 is 15.9 Å². The second-order valence-electron chi connectivity index (χ2n) is 5.88. The van der Waals surface area contributed by atoms with Gasteiger partial charge in [-0.3, -0.25) is 9.78 Å². The first-order valence-corrected chi connectivity index (χ1v) is 9.24. The molecule has 7 heteroatoms. The van der Waals surface area contributed by atoms with Crippen molar-refractivity contribution < 1.29 is 13.2 Å². The average Bonchev–Trinajstić information content (AvgIpc) is 2.48. The Balaban J connectivity index is 1.88. The van der Waals surface area contributed by atoms with Crippen LogP contribution < -0.4 is 0 Å². The highest BCUT2D eigenvalue weighted by Crippen LogP contribution is 2.18. The van der Waals surface area contributed by atoms with Gasteiger partial charge in [-0.25, -0.2) is 12.7 Å². The van der Waals surface area contributed by atoms with Crippen LogP contribution in [0.5, 0.6) is 0 Å². The Kier molecular flexibility index (Phi) is 5.18. The number of hydrogen-bond donors (Lipinski definition) is 0. The number of piperidine rings is 1. The molecule has 0 spiro atoms. The molecule has 0 bridgehead atoms. The first-order valence-electron chi connectivity index (χ1n) is 7.39. The molecule has 1 aliphatic rings. The summed E-state index contributed by atoms with van der Waals surface area (Å²) in [5.74, 6) is 0.0751. The first-order chi connectivity index (χ1) is 10.3. The molecule has 1 fully saturated rings. The van der Waals surface area contributed by atoms with E-state index in [-0.39, 0.29) is 11.9 Å². The Morgan fingerprint density at radius 3 is 2.50 bits per heavy atom. The molecule has 0 aromatic carbocycles. The lowest BCUT2D eigenvalue weighted by Gasteiger charge is -2.35. The highest BCUT2D eigenvalue weighted by molar-refractivity contribution is 7.88. The summed E-state index contributed by atoms with van der Waals surface area (Å²) in [6.07, 6.45) is 4.66. The first kappa shape index (κ1) is 16.9. The highest BCUT2D eigenvalue weighted by atomic mass is 32.2. The van der Waals surface area contributed by atoms with Gasteiger partial charge >= 0.3 is 0 Å². The second-order valence-corrected chi connectivity index (χ2v) is 7.92. The lowest BCUT2D eigenvalue weighted by Crippen LogP contribution is -2.47. The molecule has 0 saturated carbocycles. The molecule has 0 N–H and O–H groups in total. The minimum absolute atomic E-state index is 0.0138. The van der Waals surface area contributed by atoms with Crippen LogP contribution in [0.4, 0.5) is 0 Å². The average molecular weight is 325 g/mol. The molecular weight excluding hydrogens is 302 g/mol. The van der Waals surface area contributed by atoms with Gasteiger partial charge in [-0.15, -0.1) is 0 Å². The van der Waals surface area contributed by atoms with Gasteiger partial charge in [0.15, 0.2) is 0 Å². The number of sulfonamides is 1. The fourth-order valence-electron chi connectivity index (χ4n) is 2.64. The van der Waals surface area contributed by atoms with Crippen molar-refractivity contribution in [3.05, 3.63) is 29.6 Å². The van der Waals surface area contributed by atoms with Crippen molar-refractivity contribution in [1.29, 1.82) is 0 Å². The van der Waals surface area contributed by atoms with Gasteiger partial charge in [0.25, 0.3) is 0 Å². The normalized spacial score (nSPS) is 17.0. The van der Waals surface area contributed by atoms with Crippen molar-refractivity contribution in [3.8, 4) is 0 Å². The maximum Gasteiger partial charge on any atom is 0.227 e. The Hall–Kier alpha value is -1.47. The smallest absolute Gasteiger partial charge is 0.227 e. The maximum absolute atomic E-state index is 12.3. The molecular formula is C15H23N3O3S. The summed E-state index contributed by atoms with van der Waals surface area (Å²) in [5, 5.41) is 0. The van der Waals surface area contributed by atoms with E-state index in [2.05, 4.69) is 4.98 Å². The molecule has 6 nitrogen and oxygen atoms in total. The molecule has 1 aromatic heterocycles. The highest BCUT2D eigenvalue weighted by Gasteiger charge is 2.28. The van der Waals surface area contributed by atoms with Gasteiger partial charge in [0, 0.05) is 38.1 Å². The van der Waals surface area contributed by atoms with Gasteiger partial charge in [0.2, 0.25) is 15.9 Å². The molecule has 0 unspecified atom stereocenters. The van der Waals surface area contributed by atoms with Gasteiger partial charge in [-0.2, -0.15) is 0 Å². The van der Waals surface area contributed by atoms with Gasteiger partial charge in [-0.1, -0.05) is 6.07 Å². The number of pyridine rings is 1. The van der Waals surface area contributed by atoms with Crippen LogP contribution in [0.25, 0.3) is 0 Å². The molecule has 1 aromatic rings. The zero-order valence-electron chi connectivity index (χ0n) is 13.3. The number of rotatable bonds is 4. The molecule has 0 atom stereocenters. The summed E-state index contributed by atoms with van der Waals surface area (Å²) >= 11 is 0. The van der Waals surface area contributed by atoms with Crippen LogP contribution in [0.3, 0.4) is 0 Å². The molecule has 1 saturated heterocycles. The Bertz CT molecular complexity index is 620. The van der Waals surface area contributed by atoms with E-state index in [0.29, 0.717) is 32.4 Å². The molecule has 0 aliphatic carbocycles. The van der Waals surface area contributed by atoms with Crippen LogP contribution in [0.1, 0.15) is 24.1 Å². The van der Waals surface area contributed by atoms with Crippen LogP contribution in [0, 0.1) is 6.92 Å². The maximum atomic E-state index is 12.3. The van der Waals surface area contributed by atoms with E-state index < -0.39 is 10.0 Å². The molecule has 2 heterocycles. The summed E-state index contributed by atoms with van der Waals surface area (Å²) < 4.78 is 24.5.